The fourth-order valence-corrected chi connectivity index (χ4v) is 2.83. The first-order chi connectivity index (χ1) is 12.9. The molecule has 0 saturated heterocycles. The number of aliphatic carboxylic acids is 1. The predicted octanol–water partition coefficient (Wildman–Crippen LogP) is 0.952. The van der Waals surface area contributed by atoms with E-state index in [1.165, 1.54) is 20.8 Å². The van der Waals surface area contributed by atoms with Crippen LogP contribution in [0.2, 0.25) is 0 Å². The number of carbonyl (C=O) groups excluding carboxylic acids is 3. The van der Waals surface area contributed by atoms with E-state index in [1.807, 2.05) is 0 Å². The SMILES string of the molecule is C[C@H](CC(=O)[C@H](CCCCN)NC(=O)[C@@H](CC(=O)CN)CC(C)(C)[18F])C(=O)O. The number of rotatable bonds is 15. The Morgan fingerprint density at radius 1 is 1.11 bits per heavy atom. The number of unbranched alkanes of at least 4 members (excludes halogenated alkanes) is 1. The number of alkyl halides is 1. The molecule has 0 spiro atoms. The Morgan fingerprint density at radius 3 is 2.18 bits per heavy atom. The third-order valence-corrected chi connectivity index (χ3v) is 4.39. The van der Waals surface area contributed by atoms with E-state index in [0.29, 0.717) is 25.8 Å². The second-order valence-electron chi connectivity index (χ2n) is 7.82. The Kier molecular flexibility index (Phi) is 11.7. The molecule has 162 valence electrons. The van der Waals surface area contributed by atoms with Gasteiger partial charge in [-0.05, 0) is 46.1 Å². The fraction of sp³-hybridized carbons (Fsp3) is 0.789. The zero-order valence-electron chi connectivity index (χ0n) is 17.0. The normalized spacial score (nSPS) is 14.8. The van der Waals surface area contributed by atoms with Gasteiger partial charge < -0.3 is 21.9 Å². The minimum atomic E-state index is -1.69. The van der Waals surface area contributed by atoms with Gasteiger partial charge in [-0.2, -0.15) is 0 Å². The van der Waals surface area contributed by atoms with E-state index in [-0.39, 0.29) is 31.6 Å². The second kappa shape index (κ2) is 12.6. The molecule has 9 heteroatoms. The Balaban J connectivity index is 5.28. The Bertz CT molecular complexity index is 548. The van der Waals surface area contributed by atoms with Crippen LogP contribution in [-0.4, -0.2) is 53.3 Å². The zero-order valence-corrected chi connectivity index (χ0v) is 17.0. The van der Waals surface area contributed by atoms with Crippen LogP contribution in [0, 0.1) is 11.8 Å². The largest absolute Gasteiger partial charge is 0.481 e. The molecule has 0 bridgehead atoms. The highest BCUT2D eigenvalue weighted by Gasteiger charge is 2.32. The molecule has 0 aliphatic heterocycles. The quantitative estimate of drug-likeness (QED) is 0.297. The average Bonchev–Trinajstić information content (AvgIpc) is 2.58. The van der Waals surface area contributed by atoms with Gasteiger partial charge in [0.2, 0.25) is 5.91 Å². The Morgan fingerprint density at radius 2 is 1.71 bits per heavy atom. The maximum atomic E-state index is 14.1. The molecule has 3 atom stereocenters. The smallest absolute Gasteiger partial charge is 0.306 e. The molecule has 8 nitrogen and oxygen atoms in total. The van der Waals surface area contributed by atoms with Gasteiger partial charge in [-0.1, -0.05) is 6.92 Å². The average molecular weight is 402 g/mol. The molecule has 0 aromatic carbocycles. The van der Waals surface area contributed by atoms with Crippen molar-refractivity contribution in [3.63, 3.8) is 0 Å². The van der Waals surface area contributed by atoms with Crippen molar-refractivity contribution in [1.29, 1.82) is 0 Å². The summed E-state index contributed by atoms with van der Waals surface area (Å²) in [4.78, 5) is 47.9. The maximum Gasteiger partial charge on any atom is 0.306 e. The van der Waals surface area contributed by atoms with E-state index in [0.717, 1.165) is 0 Å². The van der Waals surface area contributed by atoms with Gasteiger partial charge in [0.1, 0.15) is 11.5 Å². The minimum absolute atomic E-state index is 0.195. The van der Waals surface area contributed by atoms with Gasteiger partial charge in [0.05, 0.1) is 18.5 Å². The summed E-state index contributed by atoms with van der Waals surface area (Å²) in [6.45, 7) is 4.18. The van der Waals surface area contributed by atoms with Crippen molar-refractivity contribution in [2.45, 2.75) is 71.0 Å². The number of halogens is 1. The Hall–Kier alpha value is -1.87. The molecule has 1 amide bonds. The molecule has 0 aliphatic carbocycles. The standard InChI is InChI=1S/C19H34FN3O5/c1-12(18(27)28)8-16(25)15(6-4-5-7-21)23-17(26)13(9-14(24)11-22)10-19(2,3)20/h12-13,15H,4-11,21-22H2,1-3H3,(H,23,26)(H,27,28)/t12-,13+,15+/m1/s1/i20-1. The Labute approximate surface area is 165 Å². The molecular weight excluding hydrogens is 368 g/mol. The first-order valence-electron chi connectivity index (χ1n) is 9.57. The number of carbonyl (C=O) groups is 4. The van der Waals surface area contributed by atoms with Crippen LogP contribution in [-0.2, 0) is 19.2 Å². The molecule has 6 N–H and O–H groups in total. The van der Waals surface area contributed by atoms with E-state index < -0.39 is 41.2 Å². The fourth-order valence-electron chi connectivity index (χ4n) is 2.83. The lowest BCUT2D eigenvalue weighted by molar-refractivity contribution is -0.143. The van der Waals surface area contributed by atoms with Crippen LogP contribution in [0.5, 0.6) is 0 Å². The van der Waals surface area contributed by atoms with Crippen LogP contribution >= 0.6 is 0 Å². The van der Waals surface area contributed by atoms with E-state index in [2.05, 4.69) is 5.32 Å². The molecule has 0 heterocycles. The van der Waals surface area contributed by atoms with Crippen LogP contribution < -0.4 is 16.8 Å². The van der Waals surface area contributed by atoms with E-state index >= 15 is 0 Å². The molecule has 0 aromatic rings. The van der Waals surface area contributed by atoms with Crippen LogP contribution in [0.4, 0.5) is 4.39 Å². The first kappa shape index (κ1) is 26.1. The number of carboxylic acids is 1. The molecule has 28 heavy (non-hydrogen) atoms. The summed E-state index contributed by atoms with van der Waals surface area (Å²) < 4.78 is 14.1. The second-order valence-corrected chi connectivity index (χ2v) is 7.82. The number of hydrogen-bond acceptors (Lipinski definition) is 6. The third-order valence-electron chi connectivity index (χ3n) is 4.39. The van der Waals surface area contributed by atoms with Crippen LogP contribution in [0.1, 0.15) is 59.3 Å². The number of carboxylic acid groups (broad SMARTS) is 1. The summed E-state index contributed by atoms with van der Waals surface area (Å²) in [5.41, 5.74) is 9.07. The lowest BCUT2D eigenvalue weighted by Crippen LogP contribution is -2.46. The van der Waals surface area contributed by atoms with E-state index in [1.54, 1.807) is 0 Å². The van der Waals surface area contributed by atoms with Crippen molar-refractivity contribution in [1.82, 2.24) is 5.32 Å². The number of nitrogens with two attached hydrogens (primary N) is 2. The highest BCUT2D eigenvalue weighted by atomic mass is 18.2. The number of amides is 1. The predicted molar refractivity (Wildman–Crippen MR) is 103 cm³/mol. The monoisotopic (exact) mass is 402 g/mol. The molecule has 0 aliphatic rings. The van der Waals surface area contributed by atoms with Gasteiger partial charge in [-0.15, -0.1) is 0 Å². The van der Waals surface area contributed by atoms with Gasteiger partial charge in [-0.25, -0.2) is 4.39 Å². The summed E-state index contributed by atoms with van der Waals surface area (Å²) >= 11 is 0. The molecule has 0 radical (unpaired) electrons. The van der Waals surface area contributed by atoms with Crippen LogP contribution in [0.15, 0.2) is 0 Å². The summed E-state index contributed by atoms with van der Waals surface area (Å²) in [5, 5.41) is 11.6. The minimum Gasteiger partial charge on any atom is -0.481 e. The number of Topliss-reactive ketones (excluding diaryl/α,β-unsaturated/α-hetero) is 2. The molecular formula is C19H34FN3O5. The third kappa shape index (κ3) is 11.1. The van der Waals surface area contributed by atoms with Crippen molar-refractivity contribution in [2.75, 3.05) is 13.1 Å². The van der Waals surface area contributed by atoms with Crippen LogP contribution in [0.3, 0.4) is 0 Å². The van der Waals surface area contributed by atoms with Gasteiger partial charge >= 0.3 is 5.97 Å². The highest BCUT2D eigenvalue weighted by Crippen LogP contribution is 2.24. The van der Waals surface area contributed by atoms with Gasteiger partial charge in [-0.3, -0.25) is 19.2 Å². The molecule has 0 unspecified atom stereocenters. The maximum absolute atomic E-state index is 14.1. The summed E-state index contributed by atoms with van der Waals surface area (Å²) in [5.74, 6) is -4.36. The number of hydrogen-bond donors (Lipinski definition) is 4. The molecule has 0 aromatic heterocycles. The highest BCUT2D eigenvalue weighted by molar-refractivity contribution is 5.93. The molecule has 0 saturated carbocycles. The topological polar surface area (TPSA) is 153 Å². The molecule has 0 fully saturated rings. The van der Waals surface area contributed by atoms with Gasteiger partial charge in [0, 0.05) is 18.8 Å². The van der Waals surface area contributed by atoms with Gasteiger partial charge in [0.15, 0.2) is 5.78 Å². The van der Waals surface area contributed by atoms with Crippen molar-refractivity contribution < 1.29 is 28.7 Å². The van der Waals surface area contributed by atoms with Crippen molar-refractivity contribution >= 4 is 23.4 Å². The van der Waals surface area contributed by atoms with Crippen molar-refractivity contribution in [3.8, 4) is 0 Å². The zero-order chi connectivity index (χ0) is 21.9. The van der Waals surface area contributed by atoms with E-state index in [4.69, 9.17) is 16.6 Å². The number of ketones is 2. The summed E-state index contributed by atoms with van der Waals surface area (Å²) in [6, 6.07) is -0.904. The van der Waals surface area contributed by atoms with Crippen molar-refractivity contribution in [2.24, 2.45) is 23.3 Å². The lowest BCUT2D eigenvalue weighted by Gasteiger charge is -2.25. The van der Waals surface area contributed by atoms with E-state index in [9.17, 15) is 23.6 Å². The van der Waals surface area contributed by atoms with Crippen molar-refractivity contribution in [3.05, 3.63) is 0 Å². The number of nitrogens with one attached hydrogen (secondary N) is 1. The summed E-state index contributed by atoms with van der Waals surface area (Å²) in [6.07, 6.45) is 0.857. The van der Waals surface area contributed by atoms with Crippen LogP contribution in [0.25, 0.3) is 0 Å². The lowest BCUT2D eigenvalue weighted by atomic mass is 9.88. The molecule has 0 rings (SSSR count). The van der Waals surface area contributed by atoms with Gasteiger partial charge in [0.25, 0.3) is 0 Å². The first-order valence-corrected chi connectivity index (χ1v) is 9.57. The summed E-state index contributed by atoms with van der Waals surface area (Å²) in [7, 11) is 0.